The molecule has 1 aromatic heterocycles. The first kappa shape index (κ1) is 50.3. The Bertz CT molecular complexity index is 1660. The maximum atomic E-state index is 13.2. The van der Waals surface area contributed by atoms with Crippen LogP contribution in [0, 0.1) is 17.2 Å². The molecular weight excluding hydrogens is 793 g/mol. The second-order valence-corrected chi connectivity index (χ2v) is 18.5. The molecule has 20 heteroatoms. The summed E-state index contributed by atoms with van der Waals surface area (Å²) in [6, 6.07) is 0.551. The zero-order chi connectivity index (χ0) is 39.2. The molecule has 2 N–H and O–H groups in total. The third-order valence-corrected chi connectivity index (χ3v) is 12.8. The van der Waals surface area contributed by atoms with E-state index in [2.05, 4.69) is 26.7 Å². The van der Waals surface area contributed by atoms with Gasteiger partial charge in [-0.2, -0.15) is 15.5 Å². The number of nitriles is 1. The Morgan fingerprint density at radius 3 is 2.25 bits per heavy atom. The molecule has 3 saturated carbocycles. The Hall–Kier alpha value is -0.840. The summed E-state index contributed by atoms with van der Waals surface area (Å²) < 4.78 is 36.5. The molecule has 0 radical (unpaired) electrons. The number of carbonyl (C=O) groups excluding carboxylic acids is 3. The molecule has 2 amide bonds. The molecule has 3 fully saturated rings. The van der Waals surface area contributed by atoms with E-state index in [-0.39, 0.29) is 114 Å². The molecule has 0 bridgehead atoms. The number of hydrogen-bond acceptors (Lipinski definition) is 12. The van der Waals surface area contributed by atoms with Crippen LogP contribution in [0.15, 0.2) is 10.2 Å². The van der Waals surface area contributed by atoms with Crippen molar-refractivity contribution >= 4 is 56.9 Å². The quantitative estimate of drug-likeness (QED) is 0.0924. The first-order valence-electron chi connectivity index (χ1n) is 18.5. The molecular formula is C35H52Cl2N8Na2O7S. The SMILES string of the molecule is CCN(CCCC(=O)[O-])C1CCC(N=Nc2c(C#N)c(C(C)(C)C)nn2C2C(Cl)CC(NC(=O)C3CCCC(S(=O)(=O)[O-])C3)CC2Cl)C(NC(C)=O)C1.[Na+].[Na+]. The van der Waals surface area contributed by atoms with Crippen molar-refractivity contribution in [2.75, 3.05) is 13.1 Å². The van der Waals surface area contributed by atoms with Crippen molar-refractivity contribution in [1.82, 2.24) is 25.3 Å². The number of nitrogens with one attached hydrogen (secondary N) is 2. The molecule has 3 aliphatic carbocycles. The minimum Gasteiger partial charge on any atom is -0.748 e. The van der Waals surface area contributed by atoms with E-state index in [0.29, 0.717) is 57.2 Å². The number of hydrogen-bond donors (Lipinski definition) is 2. The first-order chi connectivity index (χ1) is 24.8. The van der Waals surface area contributed by atoms with E-state index in [0.717, 1.165) is 13.0 Å². The minimum atomic E-state index is -4.49. The Balaban J connectivity index is 0.00000523. The number of carboxylic acids is 1. The second kappa shape index (κ2) is 22.0. The summed E-state index contributed by atoms with van der Waals surface area (Å²) in [5.41, 5.74) is 0.177. The van der Waals surface area contributed by atoms with Crippen LogP contribution in [-0.4, -0.2) is 98.7 Å². The van der Waals surface area contributed by atoms with Crippen LogP contribution in [0.1, 0.15) is 123 Å². The molecule has 0 saturated heterocycles. The van der Waals surface area contributed by atoms with Gasteiger partial charge in [-0.1, -0.05) is 34.1 Å². The van der Waals surface area contributed by atoms with Gasteiger partial charge in [-0.15, -0.1) is 28.3 Å². The zero-order valence-electron chi connectivity index (χ0n) is 33.1. The van der Waals surface area contributed by atoms with Crippen LogP contribution in [0.3, 0.4) is 0 Å². The van der Waals surface area contributed by atoms with E-state index in [1.54, 1.807) is 4.68 Å². The smallest absolute Gasteiger partial charge is 0.748 e. The molecule has 296 valence electrons. The largest absolute Gasteiger partial charge is 1.00 e. The number of nitrogens with zero attached hydrogens (tertiary/aromatic N) is 6. The molecule has 3 aliphatic rings. The van der Waals surface area contributed by atoms with Gasteiger partial charge in [0.1, 0.15) is 11.6 Å². The third kappa shape index (κ3) is 13.6. The fraction of sp³-hybridized carbons (Fsp3) is 0.800. The van der Waals surface area contributed by atoms with Crippen LogP contribution in [-0.2, 0) is 29.9 Å². The Labute approximate surface area is 379 Å². The molecule has 1 heterocycles. The topological polar surface area (TPSA) is 225 Å². The van der Waals surface area contributed by atoms with Crippen molar-refractivity contribution in [3.05, 3.63) is 11.3 Å². The summed E-state index contributed by atoms with van der Waals surface area (Å²) in [5, 5.41) is 39.2. The van der Waals surface area contributed by atoms with Crippen LogP contribution in [0.2, 0.25) is 0 Å². The van der Waals surface area contributed by atoms with Gasteiger partial charge >= 0.3 is 59.1 Å². The Morgan fingerprint density at radius 2 is 1.71 bits per heavy atom. The number of alkyl halides is 2. The molecule has 0 aromatic carbocycles. The van der Waals surface area contributed by atoms with E-state index < -0.39 is 61.5 Å². The normalized spacial score (nSPS) is 28.8. The number of carbonyl (C=O) groups is 3. The molecule has 7 unspecified atom stereocenters. The van der Waals surface area contributed by atoms with Crippen LogP contribution in [0.5, 0.6) is 0 Å². The third-order valence-electron chi connectivity index (χ3n) is 10.7. The minimum absolute atomic E-state index is 0. The van der Waals surface area contributed by atoms with Gasteiger partial charge in [0, 0.05) is 36.3 Å². The first-order valence-corrected chi connectivity index (χ1v) is 20.9. The van der Waals surface area contributed by atoms with E-state index in [1.165, 1.54) is 6.92 Å². The molecule has 0 spiro atoms. The molecule has 4 rings (SSSR count). The zero-order valence-corrected chi connectivity index (χ0v) is 39.4. The van der Waals surface area contributed by atoms with Crippen molar-refractivity contribution in [3.63, 3.8) is 0 Å². The summed E-state index contributed by atoms with van der Waals surface area (Å²) >= 11 is 14.1. The number of azo groups is 1. The van der Waals surface area contributed by atoms with E-state index in [1.807, 2.05) is 27.7 Å². The summed E-state index contributed by atoms with van der Waals surface area (Å²) in [6.07, 6.45) is 4.17. The Morgan fingerprint density at radius 1 is 1.05 bits per heavy atom. The van der Waals surface area contributed by atoms with Crippen LogP contribution in [0.4, 0.5) is 5.82 Å². The number of aliphatic carboxylic acids is 1. The summed E-state index contributed by atoms with van der Waals surface area (Å²) in [7, 11) is -4.49. The van der Waals surface area contributed by atoms with Gasteiger partial charge in [0.2, 0.25) is 11.8 Å². The van der Waals surface area contributed by atoms with Gasteiger partial charge in [-0.25, -0.2) is 13.1 Å². The molecule has 55 heavy (non-hydrogen) atoms. The van der Waals surface area contributed by atoms with Crippen molar-refractivity contribution in [3.8, 4) is 6.07 Å². The Kier molecular flexibility index (Phi) is 20.1. The van der Waals surface area contributed by atoms with Crippen molar-refractivity contribution in [1.29, 1.82) is 5.26 Å². The number of rotatable bonds is 13. The maximum Gasteiger partial charge on any atom is 1.00 e. The van der Waals surface area contributed by atoms with Crippen molar-refractivity contribution < 1.29 is 91.6 Å². The summed E-state index contributed by atoms with van der Waals surface area (Å²) in [5.74, 6) is -2.02. The van der Waals surface area contributed by atoms with Gasteiger partial charge in [-0.3, -0.25) is 9.59 Å². The van der Waals surface area contributed by atoms with Crippen LogP contribution >= 0.6 is 23.2 Å². The molecule has 7 atom stereocenters. The van der Waals surface area contributed by atoms with E-state index in [9.17, 15) is 37.7 Å². The van der Waals surface area contributed by atoms with Gasteiger partial charge in [0.25, 0.3) is 0 Å². The number of halogens is 2. The van der Waals surface area contributed by atoms with E-state index in [4.69, 9.17) is 33.4 Å². The summed E-state index contributed by atoms with van der Waals surface area (Å²) in [4.78, 5) is 38.7. The predicted molar refractivity (Wildman–Crippen MR) is 196 cm³/mol. The number of aromatic nitrogens is 2. The standard InChI is InChI=1S/C35H54Cl2N8O7S.2Na/c1-6-44(14-8-11-30(47)48)23-12-13-28(29(18-23)39-20(2)46)41-42-33-25(19-38)32(35(3,4)5)43-45(33)31-26(36)16-22(17-27(31)37)40-34(49)21-9-7-10-24(15-21)53(50,51)52;;/h21-24,26-29,31H,6-18H2,1-5H3,(H,39,46)(H,40,49)(H,47,48)(H,50,51,52);;/q;2*+1/p-2. The van der Waals surface area contributed by atoms with Crippen LogP contribution in [0.25, 0.3) is 0 Å². The van der Waals surface area contributed by atoms with Gasteiger partial charge in [0.15, 0.2) is 5.82 Å². The second-order valence-electron chi connectivity index (χ2n) is 15.7. The number of carboxylic acid groups (broad SMARTS) is 1. The van der Waals surface area contributed by atoms with Gasteiger partial charge in [0.05, 0.1) is 49.9 Å². The van der Waals surface area contributed by atoms with Crippen molar-refractivity contribution in [2.45, 2.75) is 157 Å². The molecule has 0 aliphatic heterocycles. The predicted octanol–water partition coefficient (Wildman–Crippen LogP) is -2.44. The monoisotopic (exact) mass is 844 g/mol. The fourth-order valence-corrected chi connectivity index (χ4v) is 10.1. The average molecular weight is 846 g/mol. The average Bonchev–Trinajstić information content (AvgIpc) is 3.43. The fourth-order valence-electron chi connectivity index (χ4n) is 8.06. The number of amides is 2. The van der Waals surface area contributed by atoms with E-state index >= 15 is 0 Å². The van der Waals surface area contributed by atoms with Gasteiger partial charge < -0.3 is 30.0 Å². The molecule has 15 nitrogen and oxygen atoms in total. The molecule has 1 aromatic rings. The summed E-state index contributed by atoms with van der Waals surface area (Å²) in [6.45, 7) is 10.6. The maximum absolute atomic E-state index is 13.2. The van der Waals surface area contributed by atoms with Crippen LogP contribution < -0.4 is 74.9 Å². The van der Waals surface area contributed by atoms with Crippen molar-refractivity contribution in [2.24, 2.45) is 16.1 Å². The van der Waals surface area contributed by atoms with Gasteiger partial charge in [-0.05, 0) is 77.3 Å².